The molecule has 0 spiro atoms. The second-order valence-electron chi connectivity index (χ2n) is 7.71. The summed E-state index contributed by atoms with van der Waals surface area (Å²) in [4.78, 5) is 21.4. The molecule has 1 saturated carbocycles. The van der Waals surface area contributed by atoms with Gasteiger partial charge in [-0.1, -0.05) is 12.8 Å². The number of rotatable bonds is 6. The van der Waals surface area contributed by atoms with Crippen molar-refractivity contribution in [3.05, 3.63) is 41.7 Å². The summed E-state index contributed by atoms with van der Waals surface area (Å²) in [6.07, 6.45) is 7.56. The number of methoxy groups -OCH3 is 1. The van der Waals surface area contributed by atoms with Crippen LogP contribution >= 0.6 is 0 Å². The van der Waals surface area contributed by atoms with E-state index in [9.17, 15) is 4.79 Å². The Morgan fingerprint density at radius 2 is 2.07 bits per heavy atom. The van der Waals surface area contributed by atoms with E-state index >= 15 is 0 Å². The second kappa shape index (κ2) is 8.19. The number of imidazole rings is 1. The molecule has 2 atom stereocenters. The SMILES string of the molecule is COc1cc(C)cc(Nc2nc(N[C@H]3CCCC[C@H]3N)n3ccnc3c2C(N)=O)c1. The molecule has 1 aromatic carbocycles. The van der Waals surface area contributed by atoms with Gasteiger partial charge in [-0.2, -0.15) is 4.98 Å². The molecule has 0 bridgehead atoms. The molecule has 158 valence electrons. The monoisotopic (exact) mass is 409 g/mol. The zero-order valence-electron chi connectivity index (χ0n) is 17.2. The van der Waals surface area contributed by atoms with E-state index in [2.05, 4.69) is 15.6 Å². The van der Waals surface area contributed by atoms with Crippen molar-refractivity contribution in [2.45, 2.75) is 44.7 Å². The highest BCUT2D eigenvalue weighted by molar-refractivity contribution is 6.04. The van der Waals surface area contributed by atoms with Crippen molar-refractivity contribution in [3.8, 4) is 5.75 Å². The Bertz CT molecular complexity index is 1080. The van der Waals surface area contributed by atoms with E-state index in [0.29, 0.717) is 23.2 Å². The minimum absolute atomic E-state index is 0.0485. The number of hydrogen-bond acceptors (Lipinski definition) is 7. The summed E-state index contributed by atoms with van der Waals surface area (Å²) < 4.78 is 7.09. The van der Waals surface area contributed by atoms with Crippen LogP contribution in [0.25, 0.3) is 5.65 Å². The number of aromatic nitrogens is 3. The number of carbonyl (C=O) groups excluding carboxylic acids is 1. The number of amides is 1. The lowest BCUT2D eigenvalue weighted by Crippen LogP contribution is -2.43. The van der Waals surface area contributed by atoms with Crippen LogP contribution in [0.15, 0.2) is 30.6 Å². The molecule has 2 aromatic heterocycles. The fourth-order valence-corrected chi connectivity index (χ4v) is 3.98. The van der Waals surface area contributed by atoms with Crippen LogP contribution in [-0.4, -0.2) is 39.5 Å². The average Bonchev–Trinajstić information content (AvgIpc) is 3.18. The molecule has 0 aliphatic heterocycles. The van der Waals surface area contributed by atoms with E-state index < -0.39 is 5.91 Å². The highest BCUT2D eigenvalue weighted by atomic mass is 16.5. The van der Waals surface area contributed by atoms with Crippen LogP contribution in [0, 0.1) is 6.92 Å². The number of hydrogen-bond donors (Lipinski definition) is 4. The predicted octanol–water partition coefficient (Wildman–Crippen LogP) is 2.57. The Morgan fingerprint density at radius 3 is 2.80 bits per heavy atom. The van der Waals surface area contributed by atoms with Gasteiger partial charge in [-0.25, -0.2) is 4.98 Å². The van der Waals surface area contributed by atoms with Crippen molar-refractivity contribution in [3.63, 3.8) is 0 Å². The number of anilines is 3. The van der Waals surface area contributed by atoms with E-state index in [1.807, 2.05) is 25.1 Å². The maximum atomic E-state index is 12.3. The zero-order valence-corrected chi connectivity index (χ0v) is 17.2. The highest BCUT2D eigenvalue weighted by Gasteiger charge is 2.25. The van der Waals surface area contributed by atoms with Crippen LogP contribution in [0.4, 0.5) is 17.5 Å². The van der Waals surface area contributed by atoms with Crippen molar-refractivity contribution in [1.82, 2.24) is 14.4 Å². The number of nitrogens with one attached hydrogen (secondary N) is 2. The first-order valence-electron chi connectivity index (χ1n) is 10.1. The Kier molecular flexibility index (Phi) is 5.45. The first kappa shape index (κ1) is 20.0. The molecule has 2 heterocycles. The quantitative estimate of drug-likeness (QED) is 0.492. The first-order valence-corrected chi connectivity index (χ1v) is 10.1. The maximum absolute atomic E-state index is 12.3. The van der Waals surface area contributed by atoms with Crippen molar-refractivity contribution >= 4 is 29.0 Å². The van der Waals surface area contributed by atoms with Gasteiger partial charge in [0.1, 0.15) is 11.3 Å². The van der Waals surface area contributed by atoms with Crippen molar-refractivity contribution in [2.75, 3.05) is 17.7 Å². The lowest BCUT2D eigenvalue weighted by atomic mass is 9.91. The summed E-state index contributed by atoms with van der Waals surface area (Å²) in [5.74, 6) is 0.992. The van der Waals surface area contributed by atoms with Crippen LogP contribution in [0.1, 0.15) is 41.6 Å². The lowest BCUT2D eigenvalue weighted by Gasteiger charge is -2.30. The molecular formula is C21H27N7O2. The molecule has 0 radical (unpaired) electrons. The van der Waals surface area contributed by atoms with Gasteiger partial charge in [0.15, 0.2) is 11.5 Å². The minimum Gasteiger partial charge on any atom is -0.497 e. The Morgan fingerprint density at radius 1 is 1.27 bits per heavy atom. The number of nitrogens with two attached hydrogens (primary N) is 2. The van der Waals surface area contributed by atoms with Gasteiger partial charge in [-0.15, -0.1) is 0 Å². The molecule has 0 saturated heterocycles. The summed E-state index contributed by atoms with van der Waals surface area (Å²) in [6, 6.07) is 5.84. The van der Waals surface area contributed by atoms with Crippen LogP contribution in [0.2, 0.25) is 0 Å². The first-order chi connectivity index (χ1) is 14.5. The largest absolute Gasteiger partial charge is 0.497 e. The fourth-order valence-electron chi connectivity index (χ4n) is 3.98. The van der Waals surface area contributed by atoms with Crippen molar-refractivity contribution in [1.29, 1.82) is 0 Å². The Hall–Kier alpha value is -3.33. The van der Waals surface area contributed by atoms with E-state index in [0.717, 1.165) is 36.9 Å². The maximum Gasteiger partial charge on any atom is 0.256 e. The van der Waals surface area contributed by atoms with Gasteiger partial charge in [-0.05, 0) is 37.5 Å². The van der Waals surface area contributed by atoms with Crippen LogP contribution < -0.4 is 26.8 Å². The second-order valence-corrected chi connectivity index (χ2v) is 7.71. The molecule has 1 aliphatic carbocycles. The molecule has 9 nitrogen and oxygen atoms in total. The van der Waals surface area contributed by atoms with Crippen LogP contribution in [0.3, 0.4) is 0 Å². The van der Waals surface area contributed by atoms with Gasteiger partial charge >= 0.3 is 0 Å². The van der Waals surface area contributed by atoms with Gasteiger partial charge in [0.05, 0.1) is 7.11 Å². The molecular weight excluding hydrogens is 382 g/mol. The normalized spacial score (nSPS) is 18.9. The van der Waals surface area contributed by atoms with Crippen LogP contribution in [-0.2, 0) is 0 Å². The third kappa shape index (κ3) is 3.88. The van der Waals surface area contributed by atoms with Crippen molar-refractivity contribution in [2.24, 2.45) is 11.5 Å². The van der Waals surface area contributed by atoms with Crippen molar-refractivity contribution < 1.29 is 9.53 Å². The number of nitrogens with zero attached hydrogens (tertiary/aromatic N) is 3. The average molecular weight is 409 g/mol. The topological polar surface area (TPSA) is 133 Å². The highest BCUT2D eigenvalue weighted by Crippen LogP contribution is 2.29. The molecule has 3 aromatic rings. The van der Waals surface area contributed by atoms with E-state index in [1.54, 1.807) is 23.9 Å². The summed E-state index contributed by atoms with van der Waals surface area (Å²) in [7, 11) is 1.61. The van der Waals surface area contributed by atoms with Gasteiger partial charge in [0.25, 0.3) is 5.91 Å². The van der Waals surface area contributed by atoms with E-state index in [1.165, 1.54) is 0 Å². The summed E-state index contributed by atoms with van der Waals surface area (Å²) in [5.41, 5.74) is 14.4. The number of benzene rings is 1. The number of ether oxygens (including phenoxy) is 1. The van der Waals surface area contributed by atoms with E-state index in [4.69, 9.17) is 21.2 Å². The number of primary amides is 1. The minimum atomic E-state index is -0.610. The molecule has 1 aliphatic rings. The van der Waals surface area contributed by atoms with Crippen LogP contribution in [0.5, 0.6) is 5.75 Å². The Balaban J connectivity index is 1.78. The zero-order chi connectivity index (χ0) is 21.3. The molecule has 0 unspecified atom stereocenters. The molecule has 9 heteroatoms. The van der Waals surface area contributed by atoms with E-state index in [-0.39, 0.29) is 17.6 Å². The molecule has 6 N–H and O–H groups in total. The smallest absolute Gasteiger partial charge is 0.256 e. The number of fused-ring (bicyclic) bond motifs is 1. The fraction of sp³-hybridized carbons (Fsp3) is 0.381. The summed E-state index contributed by atoms with van der Waals surface area (Å²) >= 11 is 0. The van der Waals surface area contributed by atoms with Gasteiger partial charge in [-0.3, -0.25) is 9.20 Å². The number of aryl methyl sites for hydroxylation is 1. The summed E-state index contributed by atoms with van der Waals surface area (Å²) in [5, 5.41) is 6.68. The van der Waals surface area contributed by atoms with Gasteiger partial charge in [0, 0.05) is 36.2 Å². The molecule has 4 rings (SSSR count). The summed E-state index contributed by atoms with van der Waals surface area (Å²) in [6.45, 7) is 1.96. The Labute approximate surface area is 174 Å². The molecule has 30 heavy (non-hydrogen) atoms. The van der Waals surface area contributed by atoms with Gasteiger partial charge < -0.3 is 26.8 Å². The standard InChI is InChI=1S/C21H27N7O2/c1-12-9-13(11-14(10-12)30-2)25-19-17(18(23)29)20-24-7-8-28(20)21(27-19)26-16-6-4-3-5-15(16)22/h7-11,15-16,25H,3-6,22H2,1-2H3,(H2,23,29)(H,26,27)/t15-,16+/m1/s1. The molecule has 1 fully saturated rings. The molecule has 1 amide bonds. The third-order valence-electron chi connectivity index (χ3n) is 5.48. The predicted molar refractivity (Wildman–Crippen MR) is 116 cm³/mol. The van der Waals surface area contributed by atoms with Gasteiger partial charge in [0.2, 0.25) is 5.95 Å². The third-order valence-corrected chi connectivity index (χ3v) is 5.48. The lowest BCUT2D eigenvalue weighted by molar-refractivity contribution is 0.100. The number of carbonyl (C=O) groups is 1.